The van der Waals surface area contributed by atoms with Gasteiger partial charge >= 0.3 is 5.97 Å². The van der Waals surface area contributed by atoms with Gasteiger partial charge in [-0.2, -0.15) is 0 Å². The van der Waals surface area contributed by atoms with Crippen LogP contribution in [0.25, 0.3) is 11.0 Å². The Bertz CT molecular complexity index is 1620. The number of ether oxygens (including phenoxy) is 1. The fourth-order valence-corrected chi connectivity index (χ4v) is 6.77. The average molecular weight is 540 g/mol. The van der Waals surface area contributed by atoms with Gasteiger partial charge in [0, 0.05) is 50.1 Å². The maximum atomic E-state index is 12.7. The van der Waals surface area contributed by atoms with Crippen molar-refractivity contribution >= 4 is 17.0 Å². The topological polar surface area (TPSA) is 93.4 Å². The second kappa shape index (κ2) is 9.41. The number of benzene rings is 2. The van der Waals surface area contributed by atoms with Gasteiger partial charge in [-0.3, -0.25) is 14.7 Å². The van der Waals surface area contributed by atoms with Crippen LogP contribution in [-0.4, -0.2) is 48.1 Å². The molecule has 0 saturated heterocycles. The van der Waals surface area contributed by atoms with E-state index in [2.05, 4.69) is 58.3 Å². The van der Waals surface area contributed by atoms with E-state index in [0.717, 1.165) is 65.0 Å². The lowest BCUT2D eigenvalue weighted by Crippen LogP contribution is -2.41. The van der Waals surface area contributed by atoms with Gasteiger partial charge in [0.25, 0.3) is 0 Å². The van der Waals surface area contributed by atoms with Crippen molar-refractivity contribution in [2.24, 2.45) is 12.5 Å². The highest BCUT2D eigenvalue weighted by molar-refractivity contribution is 5.81. The highest BCUT2D eigenvalue weighted by atomic mass is 16.5. The summed E-state index contributed by atoms with van der Waals surface area (Å²) in [4.78, 5) is 19.6. The van der Waals surface area contributed by atoms with Crippen LogP contribution in [-0.2, 0) is 24.8 Å². The van der Waals surface area contributed by atoms with Gasteiger partial charge in [-0.25, -0.2) is 4.68 Å². The molecule has 1 N–H and O–H groups in total. The van der Waals surface area contributed by atoms with E-state index in [1.54, 1.807) is 10.9 Å². The number of pyridine rings is 1. The Morgan fingerprint density at radius 3 is 2.75 bits per heavy atom. The van der Waals surface area contributed by atoms with Gasteiger partial charge in [-0.05, 0) is 87.4 Å². The smallest absolute Gasteiger partial charge is 0.310 e. The second-order valence-electron chi connectivity index (χ2n) is 12.6. The standard InChI is InChI=1S/C32H37N5O3/c1-19-23(10-12-26-29(19)34-35-36(26)6)28(32(4,5)30(38)39)21-8-7-20-9-11-25(24(20)15-21)37-17-22-16-33-14-13-27(22)40-31(2,3)18-37/h7-8,10,12-16,25,28H,9,11,17-18H2,1-6H3,(H,38,39)/t25-,28+/m1/s1. The summed E-state index contributed by atoms with van der Waals surface area (Å²) in [6.07, 6.45) is 5.71. The molecular formula is C32H37N5O3. The predicted molar refractivity (Wildman–Crippen MR) is 153 cm³/mol. The van der Waals surface area contributed by atoms with Crippen molar-refractivity contribution in [2.45, 2.75) is 71.6 Å². The first-order valence-corrected chi connectivity index (χ1v) is 14.0. The monoisotopic (exact) mass is 539 g/mol. The van der Waals surface area contributed by atoms with Crippen molar-refractivity contribution in [3.05, 3.63) is 82.2 Å². The Morgan fingerprint density at radius 2 is 1.98 bits per heavy atom. The fraction of sp³-hybridized carbons (Fsp3) is 0.438. The molecule has 2 atom stereocenters. The van der Waals surface area contributed by atoms with E-state index in [1.165, 1.54) is 11.1 Å². The molecule has 1 aliphatic heterocycles. The van der Waals surface area contributed by atoms with Crippen LogP contribution < -0.4 is 4.74 Å². The maximum absolute atomic E-state index is 12.7. The largest absolute Gasteiger partial charge is 0.486 e. The number of carboxylic acids is 1. The van der Waals surface area contributed by atoms with Gasteiger partial charge in [-0.15, -0.1) is 5.10 Å². The predicted octanol–water partition coefficient (Wildman–Crippen LogP) is 5.57. The number of fused-ring (bicyclic) bond motifs is 3. The van der Waals surface area contributed by atoms with Crippen molar-refractivity contribution in [2.75, 3.05) is 6.54 Å². The van der Waals surface area contributed by atoms with Crippen LogP contribution in [0.2, 0.25) is 0 Å². The third-order valence-corrected chi connectivity index (χ3v) is 8.86. The maximum Gasteiger partial charge on any atom is 0.310 e. The van der Waals surface area contributed by atoms with Crippen LogP contribution in [0.5, 0.6) is 5.75 Å². The molecule has 8 heteroatoms. The molecule has 2 aliphatic rings. The van der Waals surface area contributed by atoms with Gasteiger partial charge in [0.2, 0.25) is 0 Å². The van der Waals surface area contributed by atoms with E-state index in [1.807, 2.05) is 46.1 Å². The number of carbonyl (C=O) groups is 1. The first-order valence-electron chi connectivity index (χ1n) is 14.0. The number of hydrogen-bond donors (Lipinski definition) is 1. The Labute approximate surface area is 235 Å². The number of aryl methyl sites for hydroxylation is 3. The summed E-state index contributed by atoms with van der Waals surface area (Å²) in [5.74, 6) is -0.298. The summed E-state index contributed by atoms with van der Waals surface area (Å²) < 4.78 is 8.16. The number of nitrogens with zero attached hydrogens (tertiary/aromatic N) is 5. The van der Waals surface area contributed by atoms with Crippen molar-refractivity contribution in [3.63, 3.8) is 0 Å². The van der Waals surface area contributed by atoms with Crippen molar-refractivity contribution in [3.8, 4) is 5.75 Å². The fourth-order valence-electron chi connectivity index (χ4n) is 6.77. The van der Waals surface area contributed by atoms with E-state index < -0.39 is 11.4 Å². The van der Waals surface area contributed by atoms with Crippen LogP contribution in [0, 0.1) is 12.3 Å². The van der Waals surface area contributed by atoms with Gasteiger partial charge in [0.15, 0.2) is 0 Å². The normalized spacial score (nSPS) is 19.5. The van der Waals surface area contributed by atoms with Crippen molar-refractivity contribution < 1.29 is 14.6 Å². The van der Waals surface area contributed by atoms with Gasteiger partial charge in [0.1, 0.15) is 16.9 Å². The molecule has 0 amide bonds. The molecule has 0 radical (unpaired) electrons. The molecule has 0 fully saturated rings. The third-order valence-electron chi connectivity index (χ3n) is 8.86. The highest BCUT2D eigenvalue weighted by Crippen LogP contribution is 2.47. The first kappa shape index (κ1) is 26.4. The van der Waals surface area contributed by atoms with E-state index in [9.17, 15) is 9.90 Å². The molecule has 208 valence electrons. The summed E-state index contributed by atoms with van der Waals surface area (Å²) in [7, 11) is 1.87. The molecule has 4 aromatic rings. The van der Waals surface area contributed by atoms with Gasteiger partial charge in [-0.1, -0.05) is 29.5 Å². The van der Waals surface area contributed by atoms with E-state index >= 15 is 0 Å². The number of aliphatic carboxylic acids is 1. The number of carboxylic acid groups (broad SMARTS) is 1. The minimum Gasteiger partial charge on any atom is -0.486 e. The molecule has 2 aromatic carbocycles. The Kier molecular flexibility index (Phi) is 6.22. The lowest BCUT2D eigenvalue weighted by Gasteiger charge is -2.35. The number of aromatic nitrogens is 4. The number of hydrogen-bond acceptors (Lipinski definition) is 6. The molecule has 6 rings (SSSR count). The average Bonchev–Trinajstić information content (AvgIpc) is 3.45. The van der Waals surface area contributed by atoms with E-state index in [0.29, 0.717) is 0 Å². The van der Waals surface area contributed by atoms with E-state index in [4.69, 9.17) is 4.74 Å². The molecule has 8 nitrogen and oxygen atoms in total. The molecule has 40 heavy (non-hydrogen) atoms. The summed E-state index contributed by atoms with van der Waals surface area (Å²) in [5, 5.41) is 19.0. The molecule has 2 aromatic heterocycles. The lowest BCUT2D eigenvalue weighted by atomic mass is 9.69. The summed E-state index contributed by atoms with van der Waals surface area (Å²) in [6.45, 7) is 11.5. The summed E-state index contributed by atoms with van der Waals surface area (Å²) >= 11 is 0. The van der Waals surface area contributed by atoms with E-state index in [-0.39, 0.29) is 17.6 Å². The van der Waals surface area contributed by atoms with Crippen LogP contribution in [0.15, 0.2) is 48.8 Å². The van der Waals surface area contributed by atoms with Crippen LogP contribution in [0.3, 0.4) is 0 Å². The zero-order valence-corrected chi connectivity index (χ0v) is 24.1. The van der Waals surface area contributed by atoms with Crippen molar-refractivity contribution in [1.82, 2.24) is 24.9 Å². The van der Waals surface area contributed by atoms with Gasteiger partial charge in [0.05, 0.1) is 10.9 Å². The van der Waals surface area contributed by atoms with Crippen LogP contribution in [0.4, 0.5) is 0 Å². The minimum atomic E-state index is -1.05. The van der Waals surface area contributed by atoms with Gasteiger partial charge < -0.3 is 9.84 Å². The highest BCUT2D eigenvalue weighted by Gasteiger charge is 2.42. The zero-order chi connectivity index (χ0) is 28.4. The number of rotatable bonds is 5. The summed E-state index contributed by atoms with van der Waals surface area (Å²) in [5.41, 5.74) is 6.99. The molecule has 3 heterocycles. The quantitative estimate of drug-likeness (QED) is 0.354. The second-order valence-corrected chi connectivity index (χ2v) is 12.6. The molecular weight excluding hydrogens is 502 g/mol. The Balaban J connectivity index is 1.45. The first-order chi connectivity index (χ1) is 19.0. The Hall–Kier alpha value is -3.78. The lowest BCUT2D eigenvalue weighted by molar-refractivity contribution is -0.147. The summed E-state index contributed by atoms with van der Waals surface area (Å²) in [6, 6.07) is 12.8. The molecule has 0 unspecified atom stereocenters. The Morgan fingerprint density at radius 1 is 1.18 bits per heavy atom. The third kappa shape index (κ3) is 4.35. The molecule has 1 aliphatic carbocycles. The zero-order valence-electron chi connectivity index (χ0n) is 24.1. The molecule has 0 saturated carbocycles. The molecule has 0 bridgehead atoms. The van der Waals surface area contributed by atoms with Crippen LogP contribution >= 0.6 is 0 Å². The SMILES string of the molecule is Cc1c([C@H](c2ccc3c(c2)[C@H](N2Cc4cnccc4OC(C)(C)C2)CC3)C(C)(C)C(=O)O)ccc2c1nnn2C. The molecule has 0 spiro atoms. The van der Waals surface area contributed by atoms with Crippen LogP contribution in [0.1, 0.15) is 79.5 Å². The van der Waals surface area contributed by atoms with Crippen molar-refractivity contribution in [1.29, 1.82) is 0 Å². The minimum absolute atomic E-state index is 0.209.